The summed E-state index contributed by atoms with van der Waals surface area (Å²) in [5.41, 5.74) is 1.48. The van der Waals surface area contributed by atoms with E-state index in [9.17, 15) is 9.59 Å². The van der Waals surface area contributed by atoms with Gasteiger partial charge in [-0.1, -0.05) is 18.2 Å². The van der Waals surface area contributed by atoms with E-state index in [0.29, 0.717) is 12.1 Å². The minimum Gasteiger partial charge on any atom is -0.480 e. The predicted octanol–water partition coefficient (Wildman–Crippen LogP) is 1.66. The van der Waals surface area contributed by atoms with E-state index < -0.39 is 18.1 Å². The number of rotatable bonds is 2. The van der Waals surface area contributed by atoms with E-state index in [1.165, 1.54) is 4.90 Å². The van der Waals surface area contributed by atoms with Gasteiger partial charge in [-0.3, -0.25) is 4.90 Å². The van der Waals surface area contributed by atoms with E-state index in [-0.39, 0.29) is 6.61 Å². The van der Waals surface area contributed by atoms with Gasteiger partial charge in [-0.05, 0) is 18.6 Å². The highest BCUT2D eigenvalue weighted by Gasteiger charge is 2.39. The van der Waals surface area contributed by atoms with Gasteiger partial charge in [-0.2, -0.15) is 0 Å². The van der Waals surface area contributed by atoms with Gasteiger partial charge in [-0.15, -0.1) is 0 Å². The number of hydrogen-bond donors (Lipinski definition) is 1. The lowest BCUT2D eigenvalue weighted by Gasteiger charge is -2.21. The Morgan fingerprint density at radius 1 is 1.47 bits per heavy atom. The highest BCUT2D eigenvalue weighted by molar-refractivity contribution is 5.98. The van der Waals surface area contributed by atoms with Crippen molar-refractivity contribution in [2.45, 2.75) is 19.4 Å². The van der Waals surface area contributed by atoms with Gasteiger partial charge in [0.2, 0.25) is 0 Å². The Bertz CT molecular complexity index is 458. The molecule has 17 heavy (non-hydrogen) atoms. The van der Waals surface area contributed by atoms with E-state index in [4.69, 9.17) is 9.84 Å². The highest BCUT2D eigenvalue weighted by atomic mass is 16.6. The molecule has 1 aliphatic heterocycles. The van der Waals surface area contributed by atoms with Crippen molar-refractivity contribution in [3.05, 3.63) is 29.8 Å². The summed E-state index contributed by atoms with van der Waals surface area (Å²) >= 11 is 0. The lowest BCUT2D eigenvalue weighted by molar-refractivity contribution is -0.138. The summed E-state index contributed by atoms with van der Waals surface area (Å²) in [6, 6.07) is 6.29. The SMILES string of the molecule is CCOC(=O)N1c2ccccc2C[C@H]1C(=O)O. The molecule has 1 aromatic carbocycles. The topological polar surface area (TPSA) is 66.8 Å². The largest absolute Gasteiger partial charge is 0.480 e. The number of para-hydroxylation sites is 1. The van der Waals surface area contributed by atoms with Crippen LogP contribution >= 0.6 is 0 Å². The fraction of sp³-hybridized carbons (Fsp3) is 0.333. The fourth-order valence-electron chi connectivity index (χ4n) is 2.00. The zero-order valence-electron chi connectivity index (χ0n) is 9.42. The second-order valence-corrected chi connectivity index (χ2v) is 3.76. The summed E-state index contributed by atoms with van der Waals surface area (Å²) in [4.78, 5) is 24.1. The standard InChI is InChI=1S/C12H13NO4/c1-2-17-12(16)13-9-6-4-3-5-8(9)7-10(13)11(14)15/h3-6,10H,2,7H2,1H3,(H,14,15)/t10-/m0/s1. The van der Waals surface area contributed by atoms with Crippen molar-refractivity contribution in [2.24, 2.45) is 0 Å². The van der Waals surface area contributed by atoms with E-state index in [1.807, 2.05) is 12.1 Å². The van der Waals surface area contributed by atoms with E-state index >= 15 is 0 Å². The molecule has 0 spiro atoms. The number of anilines is 1. The summed E-state index contributed by atoms with van der Waals surface area (Å²) in [5.74, 6) is -1.02. The molecule has 2 rings (SSSR count). The van der Waals surface area contributed by atoms with Crippen LogP contribution in [0.15, 0.2) is 24.3 Å². The monoisotopic (exact) mass is 235 g/mol. The predicted molar refractivity (Wildman–Crippen MR) is 61.1 cm³/mol. The zero-order chi connectivity index (χ0) is 12.4. The first kappa shape index (κ1) is 11.4. The molecule has 0 saturated heterocycles. The summed E-state index contributed by atoms with van der Waals surface area (Å²) in [7, 11) is 0. The number of nitrogens with zero attached hydrogens (tertiary/aromatic N) is 1. The van der Waals surface area contributed by atoms with Gasteiger partial charge in [0.05, 0.1) is 12.3 Å². The van der Waals surface area contributed by atoms with Gasteiger partial charge >= 0.3 is 12.1 Å². The molecular formula is C12H13NO4. The number of hydrogen-bond acceptors (Lipinski definition) is 3. The molecule has 5 nitrogen and oxygen atoms in total. The maximum atomic E-state index is 11.8. The molecule has 1 aromatic rings. The van der Waals surface area contributed by atoms with Crippen molar-refractivity contribution >= 4 is 17.7 Å². The first-order chi connectivity index (χ1) is 8.15. The lowest BCUT2D eigenvalue weighted by atomic mass is 10.1. The normalized spacial score (nSPS) is 17.7. The molecular weight excluding hydrogens is 222 g/mol. The molecule has 0 aliphatic carbocycles. The first-order valence-electron chi connectivity index (χ1n) is 5.42. The van der Waals surface area contributed by atoms with Crippen LogP contribution in [0.25, 0.3) is 0 Å². The highest BCUT2D eigenvalue weighted by Crippen LogP contribution is 2.32. The summed E-state index contributed by atoms with van der Waals surface area (Å²) in [6.45, 7) is 1.92. The van der Waals surface area contributed by atoms with E-state index in [0.717, 1.165) is 5.56 Å². The number of carbonyl (C=O) groups is 2. The third-order valence-electron chi connectivity index (χ3n) is 2.73. The molecule has 0 unspecified atom stereocenters. The van der Waals surface area contributed by atoms with Gasteiger partial charge in [-0.25, -0.2) is 9.59 Å². The van der Waals surface area contributed by atoms with Crippen molar-refractivity contribution in [2.75, 3.05) is 11.5 Å². The molecule has 0 fully saturated rings. The van der Waals surface area contributed by atoms with Gasteiger partial charge in [0.25, 0.3) is 0 Å². The van der Waals surface area contributed by atoms with Crippen molar-refractivity contribution in [3.8, 4) is 0 Å². The molecule has 1 heterocycles. The van der Waals surface area contributed by atoms with Crippen molar-refractivity contribution < 1.29 is 19.4 Å². The van der Waals surface area contributed by atoms with Crippen molar-refractivity contribution in [1.82, 2.24) is 0 Å². The van der Waals surface area contributed by atoms with Crippen molar-refractivity contribution in [1.29, 1.82) is 0 Å². The number of aliphatic carboxylic acids is 1. The Balaban J connectivity index is 2.37. The number of carboxylic acid groups (broad SMARTS) is 1. The number of carbonyl (C=O) groups excluding carboxylic acids is 1. The minimum atomic E-state index is -1.02. The Hall–Kier alpha value is -2.04. The molecule has 1 amide bonds. The molecule has 1 N–H and O–H groups in total. The fourth-order valence-corrected chi connectivity index (χ4v) is 2.00. The third kappa shape index (κ3) is 1.95. The number of ether oxygens (including phenoxy) is 1. The molecule has 0 saturated carbocycles. The van der Waals surface area contributed by atoms with Crippen LogP contribution in [0.5, 0.6) is 0 Å². The quantitative estimate of drug-likeness (QED) is 0.846. The van der Waals surface area contributed by atoms with E-state index in [2.05, 4.69) is 0 Å². The van der Waals surface area contributed by atoms with Crippen LogP contribution in [0.3, 0.4) is 0 Å². The molecule has 0 radical (unpaired) electrons. The van der Waals surface area contributed by atoms with Crippen molar-refractivity contribution in [3.63, 3.8) is 0 Å². The van der Waals surface area contributed by atoms with Gasteiger partial charge in [0, 0.05) is 6.42 Å². The maximum absolute atomic E-state index is 11.8. The van der Waals surface area contributed by atoms with E-state index in [1.54, 1.807) is 19.1 Å². The van der Waals surface area contributed by atoms with Gasteiger partial charge < -0.3 is 9.84 Å². The van der Waals surface area contributed by atoms with Crippen LogP contribution in [0, 0.1) is 0 Å². The Morgan fingerprint density at radius 2 is 2.18 bits per heavy atom. The molecule has 5 heteroatoms. The second kappa shape index (κ2) is 4.45. The van der Waals surface area contributed by atoms with Crippen LogP contribution in [0.1, 0.15) is 12.5 Å². The Labute approximate surface area is 98.6 Å². The Kier molecular flexibility index (Phi) is 2.99. The lowest BCUT2D eigenvalue weighted by Crippen LogP contribution is -2.43. The maximum Gasteiger partial charge on any atom is 0.415 e. The molecule has 0 aromatic heterocycles. The summed E-state index contributed by atoms with van der Waals surface area (Å²) < 4.78 is 4.89. The summed E-state index contributed by atoms with van der Waals surface area (Å²) in [6.07, 6.45) is -0.283. The second-order valence-electron chi connectivity index (χ2n) is 3.76. The first-order valence-corrected chi connectivity index (χ1v) is 5.42. The molecule has 90 valence electrons. The number of amides is 1. The average Bonchev–Trinajstić information content (AvgIpc) is 2.68. The van der Waals surface area contributed by atoms with Crippen LogP contribution in [0.4, 0.5) is 10.5 Å². The molecule has 1 aliphatic rings. The van der Waals surface area contributed by atoms with Crippen LogP contribution in [0.2, 0.25) is 0 Å². The minimum absolute atomic E-state index is 0.226. The van der Waals surface area contributed by atoms with Crippen LogP contribution < -0.4 is 4.90 Å². The summed E-state index contributed by atoms with van der Waals surface area (Å²) in [5, 5.41) is 9.12. The number of carboxylic acids is 1. The van der Waals surface area contributed by atoms with Gasteiger partial charge in [0.15, 0.2) is 0 Å². The average molecular weight is 235 g/mol. The smallest absolute Gasteiger partial charge is 0.415 e. The third-order valence-corrected chi connectivity index (χ3v) is 2.73. The Morgan fingerprint density at radius 3 is 2.82 bits per heavy atom. The number of benzene rings is 1. The number of fused-ring (bicyclic) bond motifs is 1. The molecule has 0 bridgehead atoms. The zero-order valence-corrected chi connectivity index (χ0v) is 9.42. The van der Waals surface area contributed by atoms with Gasteiger partial charge in [0.1, 0.15) is 6.04 Å². The van der Waals surface area contributed by atoms with Crippen LogP contribution in [-0.2, 0) is 16.0 Å². The van der Waals surface area contributed by atoms with Crippen LogP contribution in [-0.4, -0.2) is 29.8 Å². The molecule has 1 atom stereocenters.